The van der Waals surface area contributed by atoms with E-state index in [-0.39, 0.29) is 5.02 Å². The largest absolute Gasteiger partial charge is 0.416 e. The van der Waals surface area contributed by atoms with Gasteiger partial charge in [0.05, 0.1) is 5.56 Å². The molecule has 1 aromatic carbocycles. The molecule has 70 valence electrons. The van der Waals surface area contributed by atoms with Crippen LogP contribution in [0.25, 0.3) is 6.08 Å². The van der Waals surface area contributed by atoms with Crippen molar-refractivity contribution in [3.05, 3.63) is 40.9 Å². The van der Waals surface area contributed by atoms with Crippen molar-refractivity contribution in [2.75, 3.05) is 0 Å². The van der Waals surface area contributed by atoms with E-state index < -0.39 is 11.7 Å². The second-order valence-corrected chi connectivity index (χ2v) is 2.91. The van der Waals surface area contributed by atoms with Gasteiger partial charge in [-0.1, -0.05) is 24.3 Å². The molecule has 0 saturated carbocycles. The molecule has 1 aromatic rings. The molecule has 0 spiro atoms. The van der Waals surface area contributed by atoms with Gasteiger partial charge in [-0.3, -0.25) is 0 Å². The fraction of sp³-hybridized carbons (Fsp3) is 0.111. The van der Waals surface area contributed by atoms with Crippen LogP contribution in [0, 0.1) is 0 Å². The Kier molecular flexibility index (Phi) is 2.66. The van der Waals surface area contributed by atoms with E-state index in [1.807, 2.05) is 0 Å². The van der Waals surface area contributed by atoms with Gasteiger partial charge in [-0.15, -0.1) is 0 Å². The van der Waals surface area contributed by atoms with Gasteiger partial charge in [0.25, 0.3) is 0 Å². The van der Waals surface area contributed by atoms with Crippen molar-refractivity contribution in [2.24, 2.45) is 0 Å². The fourth-order valence-corrected chi connectivity index (χ4v) is 1.14. The SMILES string of the molecule is C=Cc1cc(Cl)cc(C(F)(F)F)c1. The Labute approximate surface area is 78.6 Å². The highest BCUT2D eigenvalue weighted by atomic mass is 35.5. The van der Waals surface area contributed by atoms with Crippen LogP contribution in [0.3, 0.4) is 0 Å². The van der Waals surface area contributed by atoms with E-state index in [4.69, 9.17) is 11.6 Å². The Bertz CT molecular complexity index is 328. The lowest BCUT2D eigenvalue weighted by atomic mass is 10.1. The third-order valence-electron chi connectivity index (χ3n) is 1.48. The highest BCUT2D eigenvalue weighted by Crippen LogP contribution is 2.31. The maximum atomic E-state index is 12.2. The average Bonchev–Trinajstić information content (AvgIpc) is 2.01. The zero-order valence-corrected chi connectivity index (χ0v) is 7.28. The first-order chi connectivity index (χ1) is 5.93. The second-order valence-electron chi connectivity index (χ2n) is 2.48. The molecule has 0 N–H and O–H groups in total. The summed E-state index contributed by atoms with van der Waals surface area (Å²) < 4.78 is 36.6. The summed E-state index contributed by atoms with van der Waals surface area (Å²) in [4.78, 5) is 0. The van der Waals surface area contributed by atoms with Crippen LogP contribution in [0.5, 0.6) is 0 Å². The predicted octanol–water partition coefficient (Wildman–Crippen LogP) is 4.00. The summed E-state index contributed by atoms with van der Waals surface area (Å²) in [5.74, 6) is 0. The zero-order valence-electron chi connectivity index (χ0n) is 6.53. The molecule has 0 heterocycles. The molecule has 13 heavy (non-hydrogen) atoms. The maximum Gasteiger partial charge on any atom is 0.416 e. The molecule has 4 heteroatoms. The summed E-state index contributed by atoms with van der Waals surface area (Å²) in [6.45, 7) is 3.37. The monoisotopic (exact) mass is 206 g/mol. The third kappa shape index (κ3) is 2.49. The molecule has 0 atom stereocenters. The van der Waals surface area contributed by atoms with Gasteiger partial charge >= 0.3 is 6.18 Å². The van der Waals surface area contributed by atoms with Crippen molar-refractivity contribution < 1.29 is 13.2 Å². The molecule has 1 rings (SSSR count). The molecule has 0 aliphatic rings. The molecule has 0 aliphatic heterocycles. The van der Waals surface area contributed by atoms with Crippen molar-refractivity contribution >= 4 is 17.7 Å². The molecule has 0 nitrogen and oxygen atoms in total. The van der Waals surface area contributed by atoms with Crippen LogP contribution in [-0.2, 0) is 6.18 Å². The maximum absolute atomic E-state index is 12.2. The lowest BCUT2D eigenvalue weighted by Gasteiger charge is -2.07. The van der Waals surface area contributed by atoms with E-state index in [1.165, 1.54) is 12.1 Å². The van der Waals surface area contributed by atoms with Crippen molar-refractivity contribution in [2.45, 2.75) is 6.18 Å². The Morgan fingerprint density at radius 3 is 2.31 bits per heavy atom. The van der Waals surface area contributed by atoms with Gasteiger partial charge in [0.15, 0.2) is 0 Å². The van der Waals surface area contributed by atoms with Crippen LogP contribution in [0.1, 0.15) is 11.1 Å². The highest BCUT2D eigenvalue weighted by molar-refractivity contribution is 6.30. The van der Waals surface area contributed by atoms with E-state index >= 15 is 0 Å². The van der Waals surface area contributed by atoms with E-state index in [0.717, 1.165) is 12.1 Å². The second kappa shape index (κ2) is 3.42. The molecular formula is C9H6ClF3. The van der Waals surface area contributed by atoms with Crippen molar-refractivity contribution in [1.29, 1.82) is 0 Å². The zero-order chi connectivity index (χ0) is 10.1. The first-order valence-corrected chi connectivity index (χ1v) is 3.81. The first-order valence-electron chi connectivity index (χ1n) is 3.43. The van der Waals surface area contributed by atoms with Gasteiger partial charge in [0, 0.05) is 5.02 Å². The Morgan fingerprint density at radius 1 is 1.23 bits per heavy atom. The molecule has 0 amide bonds. The van der Waals surface area contributed by atoms with Crippen LogP contribution in [0.2, 0.25) is 5.02 Å². The van der Waals surface area contributed by atoms with Crippen LogP contribution in [-0.4, -0.2) is 0 Å². The summed E-state index contributed by atoms with van der Waals surface area (Å²) in [6.07, 6.45) is -3.04. The van der Waals surface area contributed by atoms with Crippen LogP contribution >= 0.6 is 11.6 Å². The van der Waals surface area contributed by atoms with Gasteiger partial charge < -0.3 is 0 Å². The van der Waals surface area contributed by atoms with Gasteiger partial charge in [0.2, 0.25) is 0 Å². The third-order valence-corrected chi connectivity index (χ3v) is 1.70. The summed E-state index contributed by atoms with van der Waals surface area (Å²) in [5.41, 5.74) is -0.394. The molecule has 0 radical (unpaired) electrons. The Morgan fingerprint density at radius 2 is 1.85 bits per heavy atom. The number of hydrogen-bond donors (Lipinski definition) is 0. The fourth-order valence-electron chi connectivity index (χ4n) is 0.894. The lowest BCUT2D eigenvalue weighted by molar-refractivity contribution is -0.137. The molecule has 0 bridgehead atoms. The van der Waals surface area contributed by atoms with Crippen LogP contribution in [0.15, 0.2) is 24.8 Å². The molecule has 0 saturated heterocycles. The van der Waals surface area contributed by atoms with Gasteiger partial charge in [0.1, 0.15) is 0 Å². The van der Waals surface area contributed by atoms with E-state index in [2.05, 4.69) is 6.58 Å². The van der Waals surface area contributed by atoms with Gasteiger partial charge in [-0.2, -0.15) is 13.2 Å². The van der Waals surface area contributed by atoms with Crippen LogP contribution in [0.4, 0.5) is 13.2 Å². The normalized spacial score (nSPS) is 11.4. The first kappa shape index (κ1) is 10.1. The minimum Gasteiger partial charge on any atom is -0.166 e. The summed E-state index contributed by atoms with van der Waals surface area (Å²) in [7, 11) is 0. The van der Waals surface area contributed by atoms with Gasteiger partial charge in [-0.25, -0.2) is 0 Å². The van der Waals surface area contributed by atoms with Crippen molar-refractivity contribution in [3.8, 4) is 0 Å². The minimum atomic E-state index is -4.36. The standard InChI is InChI=1S/C9H6ClF3/c1-2-6-3-7(9(11,12)13)5-8(10)4-6/h2-5H,1H2. The molecular weight excluding hydrogens is 201 g/mol. The Balaban J connectivity index is 3.24. The molecule has 0 fully saturated rings. The van der Waals surface area contributed by atoms with E-state index in [0.29, 0.717) is 5.56 Å². The molecule has 0 unspecified atom stereocenters. The number of halogens is 4. The smallest absolute Gasteiger partial charge is 0.166 e. The number of rotatable bonds is 1. The van der Waals surface area contributed by atoms with E-state index in [1.54, 1.807) is 0 Å². The predicted molar refractivity (Wildman–Crippen MR) is 46.5 cm³/mol. The molecule has 0 aromatic heterocycles. The highest BCUT2D eigenvalue weighted by Gasteiger charge is 2.30. The van der Waals surface area contributed by atoms with Crippen molar-refractivity contribution in [3.63, 3.8) is 0 Å². The minimum absolute atomic E-state index is 0.0599. The lowest BCUT2D eigenvalue weighted by Crippen LogP contribution is -2.04. The number of benzene rings is 1. The summed E-state index contributed by atoms with van der Waals surface area (Å²) >= 11 is 5.49. The summed E-state index contributed by atoms with van der Waals surface area (Å²) in [6, 6.07) is 3.30. The Hall–Kier alpha value is -0.960. The van der Waals surface area contributed by atoms with Crippen LogP contribution < -0.4 is 0 Å². The number of hydrogen-bond acceptors (Lipinski definition) is 0. The quantitative estimate of drug-likeness (QED) is 0.652. The van der Waals surface area contributed by atoms with Crippen molar-refractivity contribution in [1.82, 2.24) is 0 Å². The average molecular weight is 207 g/mol. The van der Waals surface area contributed by atoms with E-state index in [9.17, 15) is 13.2 Å². The topological polar surface area (TPSA) is 0 Å². The molecule has 0 aliphatic carbocycles. The van der Waals surface area contributed by atoms with Gasteiger partial charge in [-0.05, 0) is 23.8 Å². The summed E-state index contributed by atoms with van der Waals surface area (Å²) in [5, 5.41) is 0.0599. The number of alkyl halides is 3.